The summed E-state index contributed by atoms with van der Waals surface area (Å²) in [4.78, 5) is 24.2. The normalized spacial score (nSPS) is 22.0. The number of methoxy groups -OCH3 is 1. The van der Waals surface area contributed by atoms with Gasteiger partial charge in [-0.05, 0) is 24.3 Å². The summed E-state index contributed by atoms with van der Waals surface area (Å²) in [5.41, 5.74) is 0.933. The fourth-order valence-electron chi connectivity index (χ4n) is 2.73. The van der Waals surface area contributed by atoms with E-state index in [0.29, 0.717) is 17.5 Å². The highest BCUT2D eigenvalue weighted by Gasteiger charge is 2.39. The number of carbonyl (C=O) groups is 2. The standard InChI is InChI=1S/C20H20O6/c1-23-20-17(26-19(22)15-10-6-3-7-11-15)12-16(25-20)13-24-18(21)14-8-4-2-5-9-14/h2-11,16-17,20H,12-13H2,1H3/t16-,17+,20+/m0/s1. The molecule has 26 heavy (non-hydrogen) atoms. The van der Waals surface area contributed by atoms with Crippen LogP contribution in [0.2, 0.25) is 0 Å². The van der Waals surface area contributed by atoms with E-state index in [2.05, 4.69) is 0 Å². The van der Waals surface area contributed by atoms with Crippen molar-refractivity contribution in [3.63, 3.8) is 0 Å². The third kappa shape index (κ3) is 4.47. The number of hydrogen-bond acceptors (Lipinski definition) is 6. The molecule has 1 aliphatic heterocycles. The van der Waals surface area contributed by atoms with Crippen molar-refractivity contribution in [2.45, 2.75) is 24.9 Å². The van der Waals surface area contributed by atoms with E-state index < -0.39 is 30.4 Å². The third-order valence-electron chi connectivity index (χ3n) is 4.04. The van der Waals surface area contributed by atoms with Crippen LogP contribution in [0.5, 0.6) is 0 Å². The van der Waals surface area contributed by atoms with E-state index >= 15 is 0 Å². The lowest BCUT2D eigenvalue weighted by Gasteiger charge is -2.17. The van der Waals surface area contributed by atoms with E-state index in [9.17, 15) is 9.59 Å². The number of carbonyl (C=O) groups excluding carboxylic acids is 2. The van der Waals surface area contributed by atoms with Gasteiger partial charge in [0.2, 0.25) is 0 Å². The van der Waals surface area contributed by atoms with Crippen molar-refractivity contribution in [3.05, 3.63) is 71.8 Å². The van der Waals surface area contributed by atoms with Crippen molar-refractivity contribution in [1.29, 1.82) is 0 Å². The summed E-state index contributed by atoms with van der Waals surface area (Å²) in [5.74, 6) is -0.865. The highest BCUT2D eigenvalue weighted by Crippen LogP contribution is 2.25. The summed E-state index contributed by atoms with van der Waals surface area (Å²) < 4.78 is 21.7. The maximum absolute atomic E-state index is 12.2. The van der Waals surface area contributed by atoms with E-state index in [1.165, 1.54) is 7.11 Å². The van der Waals surface area contributed by atoms with Crippen molar-refractivity contribution >= 4 is 11.9 Å². The first kappa shape index (κ1) is 18.1. The molecule has 0 amide bonds. The molecule has 1 saturated heterocycles. The molecule has 0 aromatic heterocycles. The lowest BCUT2D eigenvalue weighted by atomic mass is 10.2. The molecule has 0 aliphatic carbocycles. The van der Waals surface area contributed by atoms with Gasteiger partial charge in [-0.15, -0.1) is 0 Å². The van der Waals surface area contributed by atoms with Gasteiger partial charge in [-0.3, -0.25) is 0 Å². The summed E-state index contributed by atoms with van der Waals surface area (Å²) in [6.45, 7) is 0.0625. The molecule has 3 rings (SSSR count). The summed E-state index contributed by atoms with van der Waals surface area (Å²) >= 11 is 0. The van der Waals surface area contributed by atoms with E-state index in [1.54, 1.807) is 48.5 Å². The van der Waals surface area contributed by atoms with Crippen molar-refractivity contribution in [2.24, 2.45) is 0 Å². The molecule has 0 N–H and O–H groups in total. The van der Waals surface area contributed by atoms with Crippen molar-refractivity contribution < 1.29 is 28.5 Å². The van der Waals surface area contributed by atoms with Crippen LogP contribution >= 0.6 is 0 Å². The Hall–Kier alpha value is -2.70. The van der Waals surface area contributed by atoms with Crippen LogP contribution in [-0.2, 0) is 18.9 Å². The highest BCUT2D eigenvalue weighted by atomic mass is 16.7. The third-order valence-corrected chi connectivity index (χ3v) is 4.04. The molecule has 6 nitrogen and oxygen atoms in total. The molecule has 0 spiro atoms. The first-order valence-electron chi connectivity index (χ1n) is 8.34. The van der Waals surface area contributed by atoms with Crippen molar-refractivity contribution in [1.82, 2.24) is 0 Å². The Bertz CT molecular complexity index is 730. The maximum atomic E-state index is 12.2. The van der Waals surface area contributed by atoms with Crippen LogP contribution in [0.3, 0.4) is 0 Å². The Balaban J connectivity index is 1.53. The van der Waals surface area contributed by atoms with Crippen LogP contribution in [0.1, 0.15) is 27.1 Å². The van der Waals surface area contributed by atoms with Gasteiger partial charge < -0.3 is 18.9 Å². The zero-order chi connectivity index (χ0) is 18.4. The molecule has 6 heteroatoms. The fraction of sp³-hybridized carbons (Fsp3) is 0.300. The molecule has 3 atom stereocenters. The van der Waals surface area contributed by atoms with Gasteiger partial charge in [0.25, 0.3) is 0 Å². The van der Waals surface area contributed by atoms with Gasteiger partial charge in [0.1, 0.15) is 6.61 Å². The minimum atomic E-state index is -0.692. The Morgan fingerprint density at radius 3 is 2.12 bits per heavy atom. The Kier molecular flexibility index (Phi) is 5.99. The van der Waals surface area contributed by atoms with E-state index in [-0.39, 0.29) is 6.61 Å². The van der Waals surface area contributed by atoms with Gasteiger partial charge in [-0.2, -0.15) is 0 Å². The summed E-state index contributed by atoms with van der Waals surface area (Å²) in [5, 5.41) is 0. The van der Waals surface area contributed by atoms with Gasteiger partial charge in [-0.25, -0.2) is 9.59 Å². The topological polar surface area (TPSA) is 71.1 Å². The lowest BCUT2D eigenvalue weighted by Crippen LogP contribution is -2.28. The number of hydrogen-bond donors (Lipinski definition) is 0. The monoisotopic (exact) mass is 356 g/mol. The van der Waals surface area contributed by atoms with Gasteiger partial charge in [0.05, 0.1) is 17.2 Å². The second kappa shape index (κ2) is 8.60. The molecular weight excluding hydrogens is 336 g/mol. The zero-order valence-electron chi connectivity index (χ0n) is 14.4. The van der Waals surface area contributed by atoms with Crippen LogP contribution in [0.4, 0.5) is 0 Å². The average molecular weight is 356 g/mol. The van der Waals surface area contributed by atoms with Crippen molar-refractivity contribution in [3.8, 4) is 0 Å². The summed E-state index contributed by atoms with van der Waals surface area (Å²) in [7, 11) is 1.48. The van der Waals surface area contributed by atoms with Crippen LogP contribution < -0.4 is 0 Å². The minimum Gasteiger partial charge on any atom is -0.459 e. The molecule has 0 saturated carbocycles. The number of ether oxygens (including phenoxy) is 4. The second-order valence-corrected chi connectivity index (χ2v) is 5.87. The Morgan fingerprint density at radius 2 is 1.54 bits per heavy atom. The smallest absolute Gasteiger partial charge is 0.338 e. The average Bonchev–Trinajstić information content (AvgIpc) is 3.09. The van der Waals surface area contributed by atoms with E-state index in [1.807, 2.05) is 12.1 Å². The molecular formula is C20H20O6. The van der Waals surface area contributed by atoms with Gasteiger partial charge in [-0.1, -0.05) is 36.4 Å². The molecule has 1 fully saturated rings. The molecule has 1 aliphatic rings. The van der Waals surface area contributed by atoms with E-state index in [4.69, 9.17) is 18.9 Å². The Labute approximate surface area is 151 Å². The lowest BCUT2D eigenvalue weighted by molar-refractivity contribution is -0.154. The van der Waals surface area contributed by atoms with Crippen LogP contribution in [0.15, 0.2) is 60.7 Å². The van der Waals surface area contributed by atoms with Crippen LogP contribution in [-0.4, -0.2) is 44.2 Å². The minimum absolute atomic E-state index is 0.0625. The summed E-state index contributed by atoms with van der Waals surface area (Å²) in [6, 6.07) is 17.4. The first-order valence-corrected chi connectivity index (χ1v) is 8.34. The quantitative estimate of drug-likeness (QED) is 0.741. The number of esters is 2. The van der Waals surface area contributed by atoms with Crippen molar-refractivity contribution in [2.75, 3.05) is 13.7 Å². The molecule has 136 valence electrons. The maximum Gasteiger partial charge on any atom is 0.338 e. The largest absolute Gasteiger partial charge is 0.459 e. The second-order valence-electron chi connectivity index (χ2n) is 5.87. The van der Waals surface area contributed by atoms with Gasteiger partial charge in [0.15, 0.2) is 12.4 Å². The predicted octanol–water partition coefficient (Wildman–Crippen LogP) is 2.83. The van der Waals surface area contributed by atoms with Gasteiger partial charge in [0, 0.05) is 13.5 Å². The zero-order valence-corrected chi connectivity index (χ0v) is 14.4. The van der Waals surface area contributed by atoms with Crippen LogP contribution in [0, 0.1) is 0 Å². The van der Waals surface area contributed by atoms with Crippen LogP contribution in [0.25, 0.3) is 0 Å². The predicted molar refractivity (Wildman–Crippen MR) is 92.7 cm³/mol. The number of rotatable bonds is 6. The van der Waals surface area contributed by atoms with Gasteiger partial charge >= 0.3 is 11.9 Å². The molecule has 2 aromatic rings. The molecule has 2 aromatic carbocycles. The van der Waals surface area contributed by atoms with E-state index in [0.717, 1.165) is 0 Å². The summed E-state index contributed by atoms with van der Waals surface area (Å²) in [6.07, 6.45) is -1.27. The molecule has 1 heterocycles. The fourth-order valence-corrected chi connectivity index (χ4v) is 2.73. The molecule has 0 bridgehead atoms. The first-order chi connectivity index (χ1) is 12.7. The highest BCUT2D eigenvalue weighted by molar-refractivity contribution is 5.89. The SMILES string of the molecule is CO[C@@H]1O[C@H](COC(=O)c2ccccc2)C[C@H]1OC(=O)c1ccccc1. The molecule has 0 radical (unpaired) electrons. The molecule has 0 unspecified atom stereocenters. The number of benzene rings is 2. The Morgan fingerprint density at radius 1 is 0.962 bits per heavy atom.